The van der Waals surface area contributed by atoms with Crippen LogP contribution in [-0.2, 0) is 0 Å². The Balaban J connectivity index is 0.00000106. The van der Waals surface area contributed by atoms with Crippen LogP contribution in [0.15, 0.2) is 12.1 Å². The summed E-state index contributed by atoms with van der Waals surface area (Å²) in [6.45, 7) is 7.40. The Morgan fingerprint density at radius 1 is 1.12 bits per heavy atom. The number of hydrogen-bond donors (Lipinski definition) is 2. The molecule has 0 amide bonds. The summed E-state index contributed by atoms with van der Waals surface area (Å²) in [6, 6.07) is 2.04. The van der Waals surface area contributed by atoms with Crippen LogP contribution in [0.4, 0.5) is 8.78 Å². The van der Waals surface area contributed by atoms with Crippen molar-refractivity contribution in [1.29, 1.82) is 0 Å². The molecule has 0 aliphatic rings. The van der Waals surface area contributed by atoms with E-state index in [-0.39, 0.29) is 16.9 Å². The zero-order valence-corrected chi connectivity index (χ0v) is 9.96. The van der Waals surface area contributed by atoms with Crippen LogP contribution in [0, 0.1) is 11.6 Å². The van der Waals surface area contributed by atoms with Crippen molar-refractivity contribution in [2.75, 3.05) is 0 Å². The molecule has 90 valence electrons. The Morgan fingerprint density at radius 3 is 2.00 bits per heavy atom. The van der Waals surface area contributed by atoms with Gasteiger partial charge in [0.15, 0.2) is 11.6 Å². The summed E-state index contributed by atoms with van der Waals surface area (Å²) in [4.78, 5) is 0. The Kier molecular flexibility index (Phi) is 6.22. The Bertz CT molecular complexity index is 341. The van der Waals surface area contributed by atoms with Gasteiger partial charge in [0.05, 0.1) is 0 Å². The van der Waals surface area contributed by atoms with E-state index in [1.54, 1.807) is 13.8 Å². The highest BCUT2D eigenvalue weighted by Gasteiger charge is 2.18. The lowest BCUT2D eigenvalue weighted by Crippen LogP contribution is -2.31. The van der Waals surface area contributed by atoms with E-state index in [9.17, 15) is 8.78 Å². The van der Waals surface area contributed by atoms with Crippen molar-refractivity contribution in [2.45, 2.75) is 33.6 Å². The molecule has 0 aromatic heterocycles. The van der Waals surface area contributed by atoms with E-state index in [2.05, 4.69) is 0 Å². The predicted octanol–water partition coefficient (Wildman–Crippen LogP) is 1.79. The van der Waals surface area contributed by atoms with Gasteiger partial charge in [-0.1, -0.05) is 33.8 Å². The van der Waals surface area contributed by atoms with E-state index >= 15 is 0 Å². The minimum atomic E-state index is -1.78. The van der Waals surface area contributed by atoms with Gasteiger partial charge in [-0.2, -0.15) is 0 Å². The van der Waals surface area contributed by atoms with E-state index in [1.165, 1.54) is 6.07 Å². The van der Waals surface area contributed by atoms with Crippen LogP contribution >= 0.6 is 0 Å². The largest absolute Gasteiger partial charge is 0.488 e. The summed E-state index contributed by atoms with van der Waals surface area (Å²) in [6.07, 6.45) is 0. The summed E-state index contributed by atoms with van der Waals surface area (Å²) < 4.78 is 26.1. The maximum Gasteiger partial charge on any atom is 0.488 e. The van der Waals surface area contributed by atoms with Gasteiger partial charge in [-0.05, 0) is 23.0 Å². The van der Waals surface area contributed by atoms with Crippen molar-refractivity contribution in [1.82, 2.24) is 0 Å². The van der Waals surface area contributed by atoms with Gasteiger partial charge >= 0.3 is 7.12 Å². The van der Waals surface area contributed by atoms with Gasteiger partial charge in [-0.15, -0.1) is 0 Å². The molecule has 1 aromatic carbocycles. The molecule has 2 nitrogen and oxygen atoms in total. The highest BCUT2D eigenvalue weighted by molar-refractivity contribution is 6.58. The number of benzene rings is 1. The first kappa shape index (κ1) is 15.1. The normalized spacial score (nSPS) is 9.81. The lowest BCUT2D eigenvalue weighted by molar-refractivity contribution is 0.424. The topological polar surface area (TPSA) is 40.5 Å². The Hall–Kier alpha value is -0.935. The Labute approximate surface area is 95.1 Å². The molecule has 16 heavy (non-hydrogen) atoms. The third-order valence-corrected chi connectivity index (χ3v) is 2.00. The van der Waals surface area contributed by atoms with Gasteiger partial charge in [0.2, 0.25) is 0 Å². The van der Waals surface area contributed by atoms with Gasteiger partial charge < -0.3 is 10.0 Å². The van der Waals surface area contributed by atoms with Crippen LogP contribution < -0.4 is 5.46 Å². The predicted molar refractivity (Wildman–Crippen MR) is 61.6 cm³/mol. The van der Waals surface area contributed by atoms with Crippen molar-refractivity contribution in [2.24, 2.45) is 0 Å². The maximum absolute atomic E-state index is 13.2. The standard InChI is InChI=1S/C9H11BF2O2.C2H6/c1-5(2)7-3-6(10(13)14)4-8(11)9(7)12;1-2/h3-5,13-14H,1-2H3;1-2H3. The zero-order chi connectivity index (χ0) is 12.9. The molecular weight excluding hydrogens is 213 g/mol. The SMILES string of the molecule is CC.CC(C)c1cc(B(O)O)cc(F)c1F. The molecule has 0 saturated carbocycles. The van der Waals surface area contributed by atoms with Gasteiger partial charge in [0.1, 0.15) is 0 Å². The van der Waals surface area contributed by atoms with E-state index < -0.39 is 18.8 Å². The molecule has 0 unspecified atom stereocenters. The van der Waals surface area contributed by atoms with Crippen molar-refractivity contribution < 1.29 is 18.8 Å². The molecule has 2 N–H and O–H groups in total. The first-order valence-electron chi connectivity index (χ1n) is 5.28. The third kappa shape index (κ3) is 3.57. The minimum absolute atomic E-state index is 0.0346. The van der Waals surface area contributed by atoms with E-state index in [0.29, 0.717) is 0 Å². The molecule has 0 fully saturated rings. The zero-order valence-electron chi connectivity index (χ0n) is 9.96. The molecule has 0 atom stereocenters. The molecule has 0 spiro atoms. The van der Waals surface area contributed by atoms with Gasteiger partial charge in [0.25, 0.3) is 0 Å². The highest BCUT2D eigenvalue weighted by Crippen LogP contribution is 2.19. The van der Waals surface area contributed by atoms with Crippen LogP contribution in [0.1, 0.15) is 39.2 Å². The first-order valence-corrected chi connectivity index (χ1v) is 5.28. The summed E-state index contributed by atoms with van der Waals surface area (Å²) in [5.74, 6) is -2.19. The van der Waals surface area contributed by atoms with Crippen molar-refractivity contribution >= 4 is 12.6 Å². The van der Waals surface area contributed by atoms with Gasteiger partial charge in [0, 0.05) is 0 Å². The van der Waals surface area contributed by atoms with Crippen LogP contribution in [0.2, 0.25) is 0 Å². The van der Waals surface area contributed by atoms with Gasteiger partial charge in [-0.25, -0.2) is 8.78 Å². The molecule has 0 heterocycles. The minimum Gasteiger partial charge on any atom is -0.423 e. The van der Waals surface area contributed by atoms with Crippen LogP contribution in [-0.4, -0.2) is 17.2 Å². The summed E-state index contributed by atoms with van der Waals surface area (Å²) >= 11 is 0. The van der Waals surface area contributed by atoms with Crippen LogP contribution in [0.5, 0.6) is 0 Å². The number of halogens is 2. The van der Waals surface area contributed by atoms with Gasteiger partial charge in [-0.3, -0.25) is 0 Å². The fraction of sp³-hybridized carbons (Fsp3) is 0.455. The van der Waals surface area contributed by atoms with Crippen molar-refractivity contribution in [3.8, 4) is 0 Å². The number of rotatable bonds is 2. The summed E-state index contributed by atoms with van der Waals surface area (Å²) in [5.41, 5.74) is 0.112. The smallest absolute Gasteiger partial charge is 0.423 e. The highest BCUT2D eigenvalue weighted by atomic mass is 19.2. The fourth-order valence-corrected chi connectivity index (χ4v) is 1.20. The molecular formula is C11H17BF2O2. The summed E-state index contributed by atoms with van der Waals surface area (Å²) in [7, 11) is -1.78. The van der Waals surface area contributed by atoms with E-state index in [4.69, 9.17) is 10.0 Å². The van der Waals surface area contributed by atoms with Crippen molar-refractivity contribution in [3.05, 3.63) is 29.3 Å². The average Bonchev–Trinajstić information content (AvgIpc) is 2.24. The molecule has 0 aliphatic heterocycles. The molecule has 0 bridgehead atoms. The molecule has 1 aromatic rings. The average molecular weight is 230 g/mol. The number of hydrogen-bond acceptors (Lipinski definition) is 2. The fourth-order valence-electron chi connectivity index (χ4n) is 1.20. The lowest BCUT2D eigenvalue weighted by atomic mass is 9.78. The maximum atomic E-state index is 13.2. The van der Waals surface area contributed by atoms with Crippen molar-refractivity contribution in [3.63, 3.8) is 0 Å². The molecule has 1 rings (SSSR count). The summed E-state index contributed by atoms with van der Waals surface area (Å²) in [5, 5.41) is 17.6. The van der Waals surface area contributed by atoms with Crippen LogP contribution in [0.25, 0.3) is 0 Å². The van der Waals surface area contributed by atoms with Crippen LogP contribution in [0.3, 0.4) is 0 Å². The second kappa shape index (κ2) is 6.61. The molecule has 0 saturated heterocycles. The second-order valence-electron chi connectivity index (χ2n) is 3.43. The quantitative estimate of drug-likeness (QED) is 0.760. The Morgan fingerprint density at radius 2 is 1.62 bits per heavy atom. The third-order valence-electron chi connectivity index (χ3n) is 2.00. The van der Waals surface area contributed by atoms with E-state index in [1.807, 2.05) is 13.8 Å². The monoisotopic (exact) mass is 230 g/mol. The molecule has 0 aliphatic carbocycles. The molecule has 0 radical (unpaired) electrons. The first-order chi connectivity index (χ1) is 7.43. The van der Waals surface area contributed by atoms with E-state index in [0.717, 1.165) is 6.07 Å². The lowest BCUT2D eigenvalue weighted by Gasteiger charge is -2.10. The molecule has 5 heteroatoms. The second-order valence-corrected chi connectivity index (χ2v) is 3.43.